The SMILES string of the molecule is O=[N+]([O-])c1ccccc1CC(Br)c1ccoc1Br. The molecule has 0 saturated heterocycles. The Morgan fingerprint density at radius 3 is 2.67 bits per heavy atom. The smallest absolute Gasteiger partial charge is 0.272 e. The molecule has 0 saturated carbocycles. The van der Waals surface area contributed by atoms with E-state index in [-0.39, 0.29) is 15.4 Å². The van der Waals surface area contributed by atoms with Crippen LogP contribution in [0.3, 0.4) is 0 Å². The topological polar surface area (TPSA) is 56.3 Å². The number of rotatable bonds is 4. The molecule has 0 aliphatic carbocycles. The Kier molecular flexibility index (Phi) is 4.19. The predicted octanol–water partition coefficient (Wildman–Crippen LogP) is 4.63. The highest BCUT2D eigenvalue weighted by molar-refractivity contribution is 9.10. The van der Waals surface area contributed by atoms with Crippen LogP contribution < -0.4 is 0 Å². The zero-order chi connectivity index (χ0) is 13.1. The second-order valence-electron chi connectivity index (χ2n) is 3.71. The van der Waals surface area contributed by atoms with E-state index < -0.39 is 0 Å². The lowest BCUT2D eigenvalue weighted by Crippen LogP contribution is -1.99. The Morgan fingerprint density at radius 2 is 2.06 bits per heavy atom. The van der Waals surface area contributed by atoms with Gasteiger partial charge in [0.05, 0.1) is 11.2 Å². The lowest BCUT2D eigenvalue weighted by Gasteiger charge is -2.08. The maximum Gasteiger partial charge on any atom is 0.272 e. The molecule has 1 aromatic carbocycles. The molecule has 2 rings (SSSR count). The van der Waals surface area contributed by atoms with Gasteiger partial charge >= 0.3 is 0 Å². The van der Waals surface area contributed by atoms with Crippen LogP contribution in [0.1, 0.15) is 16.0 Å². The summed E-state index contributed by atoms with van der Waals surface area (Å²) >= 11 is 6.82. The third-order valence-corrected chi connectivity index (χ3v) is 4.03. The second kappa shape index (κ2) is 5.67. The molecule has 6 heteroatoms. The highest BCUT2D eigenvalue weighted by atomic mass is 79.9. The summed E-state index contributed by atoms with van der Waals surface area (Å²) in [5.41, 5.74) is 1.77. The standard InChI is InChI=1S/C12H9Br2NO3/c13-10(9-5-6-18-12(9)14)7-8-3-1-2-4-11(8)15(16)17/h1-6,10H,7H2. The van der Waals surface area contributed by atoms with Gasteiger partial charge < -0.3 is 4.42 Å². The first kappa shape index (κ1) is 13.3. The molecule has 4 nitrogen and oxygen atoms in total. The van der Waals surface area contributed by atoms with Crippen molar-refractivity contribution >= 4 is 37.5 Å². The Hall–Kier alpha value is -1.14. The van der Waals surface area contributed by atoms with E-state index in [2.05, 4.69) is 31.9 Å². The van der Waals surface area contributed by atoms with Crippen molar-refractivity contribution in [1.29, 1.82) is 0 Å². The number of nitro groups is 1. The minimum atomic E-state index is -0.362. The van der Waals surface area contributed by atoms with Gasteiger partial charge in [0.15, 0.2) is 4.67 Å². The van der Waals surface area contributed by atoms with Gasteiger partial charge in [0.1, 0.15) is 0 Å². The van der Waals surface area contributed by atoms with Crippen molar-refractivity contribution in [1.82, 2.24) is 0 Å². The Bertz CT molecular complexity index is 568. The largest absolute Gasteiger partial charge is 0.457 e. The van der Waals surface area contributed by atoms with Gasteiger partial charge in [0.25, 0.3) is 5.69 Å². The van der Waals surface area contributed by atoms with Crippen molar-refractivity contribution in [3.63, 3.8) is 0 Å². The van der Waals surface area contributed by atoms with Gasteiger partial charge in [-0.15, -0.1) is 0 Å². The summed E-state index contributed by atoms with van der Waals surface area (Å²) in [6, 6.07) is 8.57. The molecule has 1 aromatic heterocycles. The van der Waals surface area contributed by atoms with E-state index in [9.17, 15) is 10.1 Å². The summed E-state index contributed by atoms with van der Waals surface area (Å²) in [7, 11) is 0. The molecular formula is C12H9Br2NO3. The average Bonchev–Trinajstić information content (AvgIpc) is 2.76. The van der Waals surface area contributed by atoms with Gasteiger partial charge in [-0.1, -0.05) is 34.1 Å². The van der Waals surface area contributed by atoms with E-state index in [0.717, 1.165) is 5.56 Å². The average molecular weight is 375 g/mol. The number of nitro benzene ring substituents is 1. The molecule has 18 heavy (non-hydrogen) atoms. The molecule has 1 unspecified atom stereocenters. The highest BCUT2D eigenvalue weighted by Gasteiger charge is 2.19. The van der Waals surface area contributed by atoms with Crippen molar-refractivity contribution in [3.05, 3.63) is 62.5 Å². The monoisotopic (exact) mass is 373 g/mol. The fourth-order valence-corrected chi connectivity index (χ4v) is 3.23. The molecule has 0 fully saturated rings. The number of para-hydroxylation sites is 1. The molecule has 0 amide bonds. The minimum absolute atomic E-state index is 0.0354. The zero-order valence-corrected chi connectivity index (χ0v) is 12.3. The first-order valence-electron chi connectivity index (χ1n) is 5.19. The Morgan fingerprint density at radius 1 is 1.33 bits per heavy atom. The van der Waals surface area contributed by atoms with Crippen molar-refractivity contribution in [2.45, 2.75) is 11.2 Å². The molecule has 0 aliphatic heterocycles. The molecule has 2 aromatic rings. The number of alkyl halides is 1. The summed E-state index contributed by atoms with van der Waals surface area (Å²) in [5.74, 6) is 0. The fraction of sp³-hybridized carbons (Fsp3) is 0.167. The summed E-state index contributed by atoms with van der Waals surface area (Å²) < 4.78 is 5.80. The van der Waals surface area contributed by atoms with E-state index in [4.69, 9.17) is 4.42 Å². The number of halogens is 2. The van der Waals surface area contributed by atoms with Crippen molar-refractivity contribution in [2.75, 3.05) is 0 Å². The van der Waals surface area contributed by atoms with Crippen molar-refractivity contribution < 1.29 is 9.34 Å². The maximum absolute atomic E-state index is 10.9. The van der Waals surface area contributed by atoms with Crippen LogP contribution in [0.4, 0.5) is 5.69 Å². The molecule has 1 heterocycles. The summed E-state index contributed by atoms with van der Waals surface area (Å²) in [6.07, 6.45) is 2.10. The quantitative estimate of drug-likeness (QED) is 0.445. The van der Waals surface area contributed by atoms with Crippen LogP contribution in [-0.2, 0) is 6.42 Å². The first-order valence-corrected chi connectivity index (χ1v) is 6.89. The van der Waals surface area contributed by atoms with E-state index in [1.807, 2.05) is 6.07 Å². The Labute approximate surface area is 120 Å². The van der Waals surface area contributed by atoms with Crippen LogP contribution in [0.25, 0.3) is 0 Å². The number of benzene rings is 1. The van der Waals surface area contributed by atoms with Gasteiger partial charge in [-0.3, -0.25) is 10.1 Å². The number of nitrogens with zero attached hydrogens (tertiary/aromatic N) is 1. The van der Waals surface area contributed by atoms with Gasteiger partial charge in [0.2, 0.25) is 0 Å². The number of furan rings is 1. The highest BCUT2D eigenvalue weighted by Crippen LogP contribution is 2.35. The maximum atomic E-state index is 10.9. The van der Waals surface area contributed by atoms with E-state index in [1.165, 1.54) is 6.07 Å². The molecule has 0 N–H and O–H groups in total. The normalized spacial score (nSPS) is 12.3. The zero-order valence-electron chi connectivity index (χ0n) is 9.18. The summed E-state index contributed by atoms with van der Waals surface area (Å²) in [6.45, 7) is 0. The third kappa shape index (κ3) is 2.81. The van der Waals surface area contributed by atoms with Gasteiger partial charge in [0, 0.05) is 22.0 Å². The van der Waals surface area contributed by atoms with Gasteiger partial charge in [-0.2, -0.15) is 0 Å². The summed E-state index contributed by atoms with van der Waals surface area (Å²) in [4.78, 5) is 10.5. The second-order valence-corrected chi connectivity index (χ2v) is 5.53. The van der Waals surface area contributed by atoms with Crippen molar-refractivity contribution in [2.24, 2.45) is 0 Å². The molecule has 0 bridgehead atoms. The van der Waals surface area contributed by atoms with Crippen LogP contribution in [0.2, 0.25) is 0 Å². The van der Waals surface area contributed by atoms with Crippen LogP contribution in [0.5, 0.6) is 0 Å². The first-order chi connectivity index (χ1) is 8.59. The Balaban J connectivity index is 2.25. The number of hydrogen-bond acceptors (Lipinski definition) is 3. The third-order valence-electron chi connectivity index (χ3n) is 2.57. The van der Waals surface area contributed by atoms with E-state index in [0.29, 0.717) is 16.7 Å². The minimum Gasteiger partial charge on any atom is -0.457 e. The van der Waals surface area contributed by atoms with Crippen molar-refractivity contribution in [3.8, 4) is 0 Å². The van der Waals surface area contributed by atoms with Crippen LogP contribution in [0.15, 0.2) is 45.7 Å². The lowest BCUT2D eigenvalue weighted by molar-refractivity contribution is -0.385. The van der Waals surface area contributed by atoms with E-state index >= 15 is 0 Å². The molecule has 0 aliphatic rings. The number of hydrogen-bond donors (Lipinski definition) is 0. The van der Waals surface area contributed by atoms with Gasteiger partial charge in [-0.05, 0) is 28.4 Å². The van der Waals surface area contributed by atoms with E-state index in [1.54, 1.807) is 24.5 Å². The van der Waals surface area contributed by atoms with Gasteiger partial charge in [-0.25, -0.2) is 0 Å². The summed E-state index contributed by atoms with van der Waals surface area (Å²) in [5, 5.41) is 10.9. The molecule has 0 radical (unpaired) electrons. The molecule has 94 valence electrons. The predicted molar refractivity (Wildman–Crippen MR) is 74.9 cm³/mol. The fourth-order valence-electron chi connectivity index (χ4n) is 1.69. The lowest BCUT2D eigenvalue weighted by atomic mass is 10.0. The molecule has 0 spiro atoms. The van der Waals surface area contributed by atoms with Crippen LogP contribution >= 0.6 is 31.9 Å². The molecular weight excluding hydrogens is 366 g/mol. The van der Waals surface area contributed by atoms with Crippen LogP contribution in [-0.4, -0.2) is 4.92 Å². The van der Waals surface area contributed by atoms with Crippen LogP contribution in [0, 0.1) is 10.1 Å². The molecule has 1 atom stereocenters.